The van der Waals surface area contributed by atoms with Gasteiger partial charge in [-0.1, -0.05) is 0 Å². The first-order valence-electron chi connectivity index (χ1n) is 6.84. The molecule has 0 saturated carbocycles. The lowest BCUT2D eigenvalue weighted by Crippen LogP contribution is -2.46. The van der Waals surface area contributed by atoms with Crippen molar-refractivity contribution in [3.63, 3.8) is 0 Å². The van der Waals surface area contributed by atoms with Crippen LogP contribution in [0.1, 0.15) is 32.7 Å². The third kappa shape index (κ3) is 2.63. The minimum atomic E-state index is -4.45. The lowest BCUT2D eigenvalue weighted by Gasteiger charge is -2.33. The van der Waals surface area contributed by atoms with Gasteiger partial charge in [-0.05, 0) is 46.3 Å². The molecular weight excluding hydrogens is 391 g/mol. The van der Waals surface area contributed by atoms with E-state index in [1.165, 1.54) is 27.7 Å². The summed E-state index contributed by atoms with van der Waals surface area (Å²) in [5.41, 5.74) is 5.98. The average Bonchev–Trinajstić information content (AvgIpc) is 2.87. The molecule has 1 aromatic carbocycles. The number of aldehydes is 1. The molecule has 1 atom stereocenters. The van der Waals surface area contributed by atoms with Crippen molar-refractivity contribution in [2.75, 3.05) is 11.4 Å². The lowest BCUT2D eigenvalue weighted by molar-refractivity contribution is -0.137. The number of rotatable bonds is 2. The summed E-state index contributed by atoms with van der Waals surface area (Å²) in [5.74, 6) is -0.448. The Kier molecular flexibility index (Phi) is 4.00. The van der Waals surface area contributed by atoms with Crippen LogP contribution in [0.2, 0.25) is 0 Å². The van der Waals surface area contributed by atoms with E-state index >= 15 is 0 Å². The second-order valence-electron chi connectivity index (χ2n) is 5.28. The van der Waals surface area contributed by atoms with Gasteiger partial charge in [-0.25, -0.2) is 0 Å². The smallest absolute Gasteiger partial charge is 0.315 e. The van der Waals surface area contributed by atoms with E-state index in [1.54, 1.807) is 0 Å². The number of benzene rings is 1. The standard InChI is InChI=1S/C15H11BrF3N3O2/c16-11-5-10(7-23)22-12(20)6-21(14(24)13(11)22)9-3-1-8(2-4-9)15(17,18)19/h1-5,7,12H,6,20H2/t12-/m1/s1. The van der Waals surface area contributed by atoms with Gasteiger partial charge in [-0.3, -0.25) is 9.59 Å². The molecule has 0 fully saturated rings. The number of anilines is 1. The van der Waals surface area contributed by atoms with E-state index < -0.39 is 23.8 Å². The fourth-order valence-electron chi connectivity index (χ4n) is 2.70. The van der Waals surface area contributed by atoms with Crippen LogP contribution in [0.4, 0.5) is 18.9 Å². The van der Waals surface area contributed by atoms with Crippen LogP contribution in [0.5, 0.6) is 0 Å². The number of nitrogens with zero attached hydrogens (tertiary/aromatic N) is 2. The summed E-state index contributed by atoms with van der Waals surface area (Å²) in [4.78, 5) is 25.1. The Hall–Kier alpha value is -2.13. The van der Waals surface area contributed by atoms with Crippen molar-refractivity contribution in [1.82, 2.24) is 4.57 Å². The largest absolute Gasteiger partial charge is 0.416 e. The Balaban J connectivity index is 2.01. The molecule has 2 aromatic rings. The Morgan fingerprint density at radius 1 is 1.25 bits per heavy atom. The SMILES string of the molecule is N[C@H]1CN(c2ccc(C(F)(F)F)cc2)C(=O)c2c(Br)cc(C=O)n21. The highest BCUT2D eigenvalue weighted by Gasteiger charge is 2.35. The molecule has 2 heterocycles. The minimum absolute atomic E-state index is 0.0408. The molecule has 0 unspecified atom stereocenters. The van der Waals surface area contributed by atoms with Crippen LogP contribution >= 0.6 is 15.9 Å². The van der Waals surface area contributed by atoms with Crippen LogP contribution in [0.3, 0.4) is 0 Å². The molecule has 2 N–H and O–H groups in total. The zero-order chi connectivity index (χ0) is 17.6. The topological polar surface area (TPSA) is 68.3 Å². The predicted molar refractivity (Wildman–Crippen MR) is 83.9 cm³/mol. The molecule has 5 nitrogen and oxygen atoms in total. The van der Waals surface area contributed by atoms with Crippen LogP contribution in [-0.2, 0) is 6.18 Å². The summed E-state index contributed by atoms with van der Waals surface area (Å²) in [6.45, 7) is 0.0408. The molecule has 9 heteroatoms. The zero-order valence-corrected chi connectivity index (χ0v) is 13.6. The first-order valence-corrected chi connectivity index (χ1v) is 7.64. The molecule has 1 aliphatic rings. The van der Waals surface area contributed by atoms with E-state index in [0.717, 1.165) is 12.1 Å². The highest BCUT2D eigenvalue weighted by Crippen LogP contribution is 2.34. The zero-order valence-electron chi connectivity index (χ0n) is 12.0. The van der Waals surface area contributed by atoms with Crippen LogP contribution in [0, 0.1) is 0 Å². The predicted octanol–water partition coefficient (Wildman–Crippen LogP) is 3.20. The molecule has 0 bridgehead atoms. The monoisotopic (exact) mass is 401 g/mol. The van der Waals surface area contributed by atoms with Gasteiger partial charge in [-0.2, -0.15) is 13.2 Å². The lowest BCUT2D eigenvalue weighted by atomic mass is 10.1. The number of nitrogens with two attached hydrogens (primary N) is 1. The molecule has 1 amide bonds. The highest BCUT2D eigenvalue weighted by molar-refractivity contribution is 9.10. The molecular formula is C15H11BrF3N3O2. The van der Waals surface area contributed by atoms with Gasteiger partial charge in [0.15, 0.2) is 6.29 Å². The molecule has 1 aliphatic heterocycles. The second kappa shape index (κ2) is 5.75. The summed E-state index contributed by atoms with van der Waals surface area (Å²) in [5, 5.41) is 0. The van der Waals surface area contributed by atoms with Crippen molar-refractivity contribution in [1.29, 1.82) is 0 Å². The van der Waals surface area contributed by atoms with Crippen molar-refractivity contribution in [3.8, 4) is 0 Å². The van der Waals surface area contributed by atoms with Gasteiger partial charge < -0.3 is 15.2 Å². The fourth-order valence-corrected chi connectivity index (χ4v) is 3.29. The van der Waals surface area contributed by atoms with Crippen molar-refractivity contribution < 1.29 is 22.8 Å². The van der Waals surface area contributed by atoms with Gasteiger partial charge in [0.1, 0.15) is 11.9 Å². The normalized spacial score (nSPS) is 17.8. The molecule has 0 radical (unpaired) electrons. The first-order chi connectivity index (χ1) is 11.2. The van der Waals surface area contributed by atoms with Crippen molar-refractivity contribution in [3.05, 3.63) is 51.8 Å². The Morgan fingerprint density at radius 3 is 2.42 bits per heavy atom. The van der Waals surface area contributed by atoms with Gasteiger partial charge in [0, 0.05) is 10.2 Å². The third-order valence-electron chi connectivity index (χ3n) is 3.80. The first kappa shape index (κ1) is 16.7. The van der Waals surface area contributed by atoms with Crippen molar-refractivity contribution >= 4 is 33.8 Å². The molecule has 0 aliphatic carbocycles. The van der Waals surface area contributed by atoms with E-state index in [9.17, 15) is 22.8 Å². The van der Waals surface area contributed by atoms with E-state index in [4.69, 9.17) is 5.73 Å². The third-order valence-corrected chi connectivity index (χ3v) is 4.40. The van der Waals surface area contributed by atoms with Gasteiger partial charge in [-0.15, -0.1) is 0 Å². The number of carbonyl (C=O) groups is 2. The van der Waals surface area contributed by atoms with Crippen LogP contribution in [0.25, 0.3) is 0 Å². The van der Waals surface area contributed by atoms with Crippen LogP contribution < -0.4 is 10.6 Å². The average molecular weight is 402 g/mol. The molecule has 126 valence electrons. The maximum Gasteiger partial charge on any atom is 0.416 e. The molecule has 3 rings (SSSR count). The quantitative estimate of drug-likeness (QED) is 0.785. The Labute approximate surface area is 143 Å². The summed E-state index contributed by atoms with van der Waals surface area (Å²) in [6.07, 6.45) is -4.54. The Bertz CT molecular complexity index is 815. The summed E-state index contributed by atoms with van der Waals surface area (Å²) < 4.78 is 39.8. The number of alkyl halides is 3. The van der Waals surface area contributed by atoms with Crippen LogP contribution in [-0.4, -0.2) is 23.3 Å². The van der Waals surface area contributed by atoms with Crippen molar-refractivity contribution in [2.24, 2.45) is 5.73 Å². The van der Waals surface area contributed by atoms with E-state index in [2.05, 4.69) is 15.9 Å². The fraction of sp³-hybridized carbons (Fsp3) is 0.200. The second-order valence-corrected chi connectivity index (χ2v) is 6.14. The molecule has 1 aromatic heterocycles. The molecule has 0 saturated heterocycles. The van der Waals surface area contributed by atoms with Gasteiger partial charge in [0.05, 0.1) is 17.8 Å². The summed E-state index contributed by atoms with van der Waals surface area (Å²) >= 11 is 3.22. The maximum atomic E-state index is 12.7. The number of carbonyl (C=O) groups excluding carboxylic acids is 2. The number of hydrogen-bond donors (Lipinski definition) is 1. The van der Waals surface area contributed by atoms with Gasteiger partial charge >= 0.3 is 6.18 Å². The summed E-state index contributed by atoms with van der Waals surface area (Å²) in [6, 6.07) is 5.75. The van der Waals surface area contributed by atoms with E-state index in [1.807, 2.05) is 0 Å². The Morgan fingerprint density at radius 2 is 1.88 bits per heavy atom. The number of hydrogen-bond acceptors (Lipinski definition) is 3. The van der Waals surface area contributed by atoms with Crippen molar-refractivity contribution in [2.45, 2.75) is 12.3 Å². The molecule has 0 spiro atoms. The van der Waals surface area contributed by atoms with E-state index in [-0.39, 0.29) is 17.9 Å². The van der Waals surface area contributed by atoms with Crippen LogP contribution in [0.15, 0.2) is 34.8 Å². The highest BCUT2D eigenvalue weighted by atomic mass is 79.9. The minimum Gasteiger partial charge on any atom is -0.315 e. The number of amides is 1. The maximum absolute atomic E-state index is 12.7. The van der Waals surface area contributed by atoms with E-state index in [0.29, 0.717) is 16.4 Å². The number of aromatic nitrogens is 1. The van der Waals surface area contributed by atoms with Gasteiger partial charge in [0.25, 0.3) is 5.91 Å². The number of fused-ring (bicyclic) bond motifs is 1. The number of halogens is 4. The molecule has 24 heavy (non-hydrogen) atoms. The summed E-state index contributed by atoms with van der Waals surface area (Å²) in [7, 11) is 0. The van der Waals surface area contributed by atoms with Gasteiger partial charge in [0.2, 0.25) is 0 Å².